The monoisotopic (exact) mass is 881 g/mol. The van der Waals surface area contributed by atoms with Crippen LogP contribution in [0.5, 0.6) is 0 Å². The lowest BCUT2D eigenvalue weighted by atomic mass is 9.99. The molecule has 0 aliphatic rings. The molecule has 0 saturated heterocycles. The molecule has 0 amide bonds. The molecular formula is C63H39N5O. The van der Waals surface area contributed by atoms with E-state index in [0.29, 0.717) is 17.6 Å². The molecule has 0 aliphatic heterocycles. The van der Waals surface area contributed by atoms with E-state index in [1.807, 2.05) is 12.1 Å². The molecule has 0 fully saturated rings. The molecule has 14 rings (SSSR count). The van der Waals surface area contributed by atoms with Gasteiger partial charge < -0.3 is 8.98 Å². The molecular weight excluding hydrogens is 843 g/mol. The summed E-state index contributed by atoms with van der Waals surface area (Å²) in [6.45, 7) is 0. The van der Waals surface area contributed by atoms with Crippen molar-refractivity contribution in [3.63, 3.8) is 0 Å². The van der Waals surface area contributed by atoms with E-state index in [0.717, 1.165) is 99.2 Å². The second-order valence-electron chi connectivity index (χ2n) is 17.5. The molecule has 0 unspecified atom stereocenters. The van der Waals surface area contributed by atoms with Crippen molar-refractivity contribution in [2.75, 3.05) is 0 Å². The fourth-order valence-electron chi connectivity index (χ4n) is 10.4. The predicted molar refractivity (Wildman–Crippen MR) is 283 cm³/mol. The highest BCUT2D eigenvalue weighted by Crippen LogP contribution is 2.45. The van der Waals surface area contributed by atoms with E-state index in [1.54, 1.807) is 0 Å². The van der Waals surface area contributed by atoms with Gasteiger partial charge in [-0.05, 0) is 75.8 Å². The molecule has 322 valence electrons. The van der Waals surface area contributed by atoms with Crippen LogP contribution in [0.3, 0.4) is 0 Å². The largest absolute Gasteiger partial charge is 0.452 e. The highest BCUT2D eigenvalue weighted by molar-refractivity contribution is 6.26. The molecule has 0 saturated carbocycles. The molecule has 69 heavy (non-hydrogen) atoms. The number of rotatable bonds is 7. The number of para-hydroxylation sites is 2. The number of nitrogens with zero attached hydrogens (tertiary/aromatic N) is 5. The van der Waals surface area contributed by atoms with Crippen LogP contribution < -0.4 is 0 Å². The van der Waals surface area contributed by atoms with E-state index in [1.165, 1.54) is 16.5 Å². The maximum Gasteiger partial charge on any atom is 0.238 e. The van der Waals surface area contributed by atoms with Gasteiger partial charge in [0.05, 0.1) is 16.6 Å². The van der Waals surface area contributed by atoms with E-state index in [4.69, 9.17) is 19.4 Å². The third-order valence-corrected chi connectivity index (χ3v) is 13.6. The Labute approximate surface area is 396 Å². The first-order chi connectivity index (χ1) is 34.2. The molecule has 0 N–H and O–H groups in total. The molecule has 4 aromatic heterocycles. The SMILES string of the molecule is c1ccc(-c2ccc(-n3c4ccccc4c4ccc5c6ccc7c8ccccc8n(-c8nc(-c9cccc(-c%10ccccc%10)c9)nc(-c9ccccc9-c9ccccc9)n8)c7c6oc5c43)cc2)cc1. The lowest BCUT2D eigenvalue weighted by molar-refractivity contribution is 0.673. The fourth-order valence-corrected chi connectivity index (χ4v) is 10.4. The second-order valence-corrected chi connectivity index (χ2v) is 17.5. The summed E-state index contributed by atoms with van der Waals surface area (Å²) in [6.07, 6.45) is 0. The number of aromatic nitrogens is 5. The summed E-state index contributed by atoms with van der Waals surface area (Å²) in [5.41, 5.74) is 15.1. The zero-order valence-corrected chi connectivity index (χ0v) is 37.2. The number of fused-ring (bicyclic) bond motifs is 11. The summed E-state index contributed by atoms with van der Waals surface area (Å²) in [4.78, 5) is 16.2. The van der Waals surface area contributed by atoms with Crippen LogP contribution in [-0.2, 0) is 0 Å². The summed E-state index contributed by atoms with van der Waals surface area (Å²) in [5, 5.41) is 6.46. The maximum atomic E-state index is 7.41. The molecule has 0 spiro atoms. The predicted octanol–water partition coefficient (Wildman–Crippen LogP) is 16.3. The maximum absolute atomic E-state index is 7.41. The molecule has 0 bridgehead atoms. The summed E-state index contributed by atoms with van der Waals surface area (Å²) in [7, 11) is 0. The van der Waals surface area contributed by atoms with Gasteiger partial charge in [0, 0.05) is 49.1 Å². The lowest BCUT2D eigenvalue weighted by Crippen LogP contribution is -2.07. The van der Waals surface area contributed by atoms with Gasteiger partial charge in [0.25, 0.3) is 0 Å². The van der Waals surface area contributed by atoms with Gasteiger partial charge in [-0.2, -0.15) is 9.97 Å². The Bertz CT molecular complexity index is 4280. The molecule has 0 atom stereocenters. The van der Waals surface area contributed by atoms with Crippen molar-refractivity contribution in [2.24, 2.45) is 0 Å². The van der Waals surface area contributed by atoms with Crippen LogP contribution in [0.15, 0.2) is 241 Å². The molecule has 6 nitrogen and oxygen atoms in total. The molecule has 10 aromatic carbocycles. The Morgan fingerprint density at radius 3 is 1.41 bits per heavy atom. The molecule has 4 heterocycles. The first-order valence-electron chi connectivity index (χ1n) is 23.3. The van der Waals surface area contributed by atoms with Crippen LogP contribution in [0.4, 0.5) is 0 Å². The van der Waals surface area contributed by atoms with Crippen molar-refractivity contribution in [1.29, 1.82) is 0 Å². The van der Waals surface area contributed by atoms with E-state index in [-0.39, 0.29) is 0 Å². The van der Waals surface area contributed by atoms with Gasteiger partial charge in [0.1, 0.15) is 5.52 Å². The summed E-state index contributed by atoms with van der Waals surface area (Å²) < 4.78 is 12.0. The molecule has 14 aromatic rings. The smallest absolute Gasteiger partial charge is 0.238 e. The van der Waals surface area contributed by atoms with Gasteiger partial charge in [0.15, 0.2) is 22.8 Å². The standard InChI is InChI=1S/C63H39N5O/c1-4-17-40(18-5-1)42-31-33-46(34-32-42)67-55-29-14-12-26-48(55)50-35-37-52-53-38-36-51-49-27-13-15-30-56(49)68(58(51)60(53)69-59(52)57(50)67)63-65-61(45-24-16-23-44(39-45)41-19-6-2-7-20-41)64-62(66-63)54-28-11-10-25-47(54)43-21-8-3-9-22-43/h1-39H. The molecule has 0 radical (unpaired) electrons. The third kappa shape index (κ3) is 6.23. The van der Waals surface area contributed by atoms with Crippen LogP contribution in [0.2, 0.25) is 0 Å². The zero-order valence-electron chi connectivity index (χ0n) is 37.2. The molecule has 6 heteroatoms. The first kappa shape index (κ1) is 38.8. The topological polar surface area (TPSA) is 61.7 Å². The second kappa shape index (κ2) is 15.6. The Morgan fingerprint density at radius 2 is 0.754 bits per heavy atom. The minimum atomic E-state index is 0.500. The average Bonchev–Trinajstić information content (AvgIpc) is 4.10. The van der Waals surface area contributed by atoms with Crippen molar-refractivity contribution >= 4 is 65.6 Å². The number of furan rings is 1. The Balaban J connectivity index is 1.05. The third-order valence-electron chi connectivity index (χ3n) is 13.6. The lowest BCUT2D eigenvalue weighted by Gasteiger charge is -2.14. The van der Waals surface area contributed by atoms with Gasteiger partial charge in [-0.15, -0.1) is 0 Å². The first-order valence-corrected chi connectivity index (χ1v) is 23.3. The zero-order chi connectivity index (χ0) is 45.4. The van der Waals surface area contributed by atoms with Gasteiger partial charge in [-0.1, -0.05) is 194 Å². The molecule has 0 aliphatic carbocycles. The van der Waals surface area contributed by atoms with Crippen LogP contribution in [-0.4, -0.2) is 24.1 Å². The highest BCUT2D eigenvalue weighted by atomic mass is 16.3. The fraction of sp³-hybridized carbons (Fsp3) is 0. The minimum absolute atomic E-state index is 0.500. The van der Waals surface area contributed by atoms with Gasteiger partial charge in [-0.3, -0.25) is 4.57 Å². The average molecular weight is 882 g/mol. The Hall–Kier alpha value is -9.39. The van der Waals surface area contributed by atoms with E-state index in [2.05, 4.69) is 234 Å². The van der Waals surface area contributed by atoms with Gasteiger partial charge in [-0.25, -0.2) is 4.98 Å². The number of hydrogen-bond acceptors (Lipinski definition) is 4. The number of hydrogen-bond donors (Lipinski definition) is 0. The van der Waals surface area contributed by atoms with Crippen LogP contribution >= 0.6 is 0 Å². The number of benzene rings is 10. The van der Waals surface area contributed by atoms with Crippen molar-refractivity contribution in [3.8, 4) is 67.8 Å². The van der Waals surface area contributed by atoms with Crippen LogP contribution in [0.1, 0.15) is 0 Å². The summed E-state index contributed by atoms with van der Waals surface area (Å²) in [5.74, 6) is 1.65. The summed E-state index contributed by atoms with van der Waals surface area (Å²) in [6, 6.07) is 83.1. The van der Waals surface area contributed by atoms with Gasteiger partial charge in [0.2, 0.25) is 5.95 Å². The normalized spacial score (nSPS) is 11.8. The quantitative estimate of drug-likeness (QED) is 0.160. The van der Waals surface area contributed by atoms with Crippen molar-refractivity contribution in [1.82, 2.24) is 24.1 Å². The van der Waals surface area contributed by atoms with Crippen molar-refractivity contribution in [2.45, 2.75) is 0 Å². The van der Waals surface area contributed by atoms with Crippen molar-refractivity contribution in [3.05, 3.63) is 237 Å². The van der Waals surface area contributed by atoms with Crippen LogP contribution in [0, 0.1) is 0 Å². The van der Waals surface area contributed by atoms with E-state index >= 15 is 0 Å². The van der Waals surface area contributed by atoms with Crippen molar-refractivity contribution < 1.29 is 4.42 Å². The summed E-state index contributed by atoms with van der Waals surface area (Å²) >= 11 is 0. The van der Waals surface area contributed by atoms with E-state index in [9.17, 15) is 0 Å². The van der Waals surface area contributed by atoms with Gasteiger partial charge >= 0.3 is 0 Å². The Kier molecular flexibility index (Phi) is 8.79. The highest BCUT2D eigenvalue weighted by Gasteiger charge is 2.25. The Morgan fingerprint density at radius 1 is 0.290 bits per heavy atom. The van der Waals surface area contributed by atoms with E-state index < -0.39 is 0 Å². The minimum Gasteiger partial charge on any atom is -0.452 e. The van der Waals surface area contributed by atoms with Crippen LogP contribution in [0.25, 0.3) is 133 Å².